The van der Waals surface area contributed by atoms with Gasteiger partial charge in [0, 0.05) is 30.3 Å². The van der Waals surface area contributed by atoms with Crippen molar-refractivity contribution in [3.05, 3.63) is 45.6 Å². The summed E-state index contributed by atoms with van der Waals surface area (Å²) in [4.78, 5) is 21.3. The summed E-state index contributed by atoms with van der Waals surface area (Å²) < 4.78 is 5.32. The Bertz CT molecular complexity index is 768. The van der Waals surface area contributed by atoms with Crippen molar-refractivity contribution in [1.29, 1.82) is 0 Å². The van der Waals surface area contributed by atoms with Crippen molar-refractivity contribution in [3.8, 4) is 0 Å². The Morgan fingerprint density at radius 1 is 1.26 bits per heavy atom. The molecule has 144 valence electrons. The molecule has 0 aliphatic carbocycles. The Morgan fingerprint density at radius 2 is 2.00 bits per heavy atom. The fourth-order valence-corrected chi connectivity index (χ4v) is 2.82. The van der Waals surface area contributed by atoms with E-state index in [0.717, 1.165) is 45.0 Å². The Hall–Kier alpha value is -2.49. The number of rotatable bonds is 8. The Morgan fingerprint density at radius 3 is 2.70 bits per heavy atom. The Balaban J connectivity index is 1.60. The number of anilines is 3. The van der Waals surface area contributed by atoms with Crippen LogP contribution in [0, 0.1) is 10.1 Å². The highest BCUT2D eigenvalue weighted by molar-refractivity contribution is 6.30. The second kappa shape index (κ2) is 9.45. The highest BCUT2D eigenvalue weighted by Gasteiger charge is 2.17. The number of hydrogen-bond donors (Lipinski definition) is 2. The van der Waals surface area contributed by atoms with Gasteiger partial charge in [0.15, 0.2) is 0 Å². The second-order valence-corrected chi connectivity index (χ2v) is 6.49. The molecule has 1 aromatic heterocycles. The van der Waals surface area contributed by atoms with Gasteiger partial charge in [-0.25, -0.2) is 4.98 Å². The molecule has 2 aromatic rings. The lowest BCUT2D eigenvalue weighted by Crippen LogP contribution is -2.37. The summed E-state index contributed by atoms with van der Waals surface area (Å²) in [7, 11) is 0. The first-order valence-electron chi connectivity index (χ1n) is 8.70. The van der Waals surface area contributed by atoms with Crippen molar-refractivity contribution in [2.45, 2.75) is 6.42 Å². The lowest BCUT2D eigenvalue weighted by Gasteiger charge is -2.26. The molecule has 1 aromatic carbocycles. The van der Waals surface area contributed by atoms with Gasteiger partial charge in [-0.15, -0.1) is 0 Å². The molecule has 1 aliphatic heterocycles. The molecule has 27 heavy (non-hydrogen) atoms. The Kier molecular flexibility index (Phi) is 6.74. The number of benzene rings is 1. The van der Waals surface area contributed by atoms with Crippen molar-refractivity contribution in [1.82, 2.24) is 14.9 Å². The second-order valence-electron chi connectivity index (χ2n) is 6.05. The lowest BCUT2D eigenvalue weighted by molar-refractivity contribution is -0.384. The van der Waals surface area contributed by atoms with Crippen LogP contribution in [0.3, 0.4) is 0 Å². The van der Waals surface area contributed by atoms with E-state index in [0.29, 0.717) is 11.6 Å². The SMILES string of the molecule is O=[N+]([O-])c1cnc(Nc2ccc(Cl)cc2)nc1NCCCN1CCOCC1. The van der Waals surface area contributed by atoms with E-state index in [9.17, 15) is 10.1 Å². The van der Waals surface area contributed by atoms with E-state index in [2.05, 4.69) is 25.5 Å². The highest BCUT2D eigenvalue weighted by Crippen LogP contribution is 2.24. The van der Waals surface area contributed by atoms with Gasteiger partial charge >= 0.3 is 5.69 Å². The molecule has 0 spiro atoms. The number of nitro groups is 1. The molecule has 0 radical (unpaired) electrons. The van der Waals surface area contributed by atoms with Crippen molar-refractivity contribution in [2.75, 3.05) is 50.0 Å². The highest BCUT2D eigenvalue weighted by atomic mass is 35.5. The van der Waals surface area contributed by atoms with Gasteiger partial charge in [0.1, 0.15) is 6.20 Å². The van der Waals surface area contributed by atoms with E-state index in [1.54, 1.807) is 24.3 Å². The van der Waals surface area contributed by atoms with Gasteiger partial charge < -0.3 is 15.4 Å². The van der Waals surface area contributed by atoms with E-state index in [-0.39, 0.29) is 17.5 Å². The molecule has 0 saturated carbocycles. The van der Waals surface area contributed by atoms with Gasteiger partial charge in [-0.2, -0.15) is 4.98 Å². The number of morpholine rings is 1. The monoisotopic (exact) mass is 392 g/mol. The van der Waals surface area contributed by atoms with Crippen LogP contribution < -0.4 is 10.6 Å². The summed E-state index contributed by atoms with van der Waals surface area (Å²) in [5.41, 5.74) is 0.592. The molecule has 2 heterocycles. The summed E-state index contributed by atoms with van der Waals surface area (Å²) in [6.07, 6.45) is 2.05. The molecule has 3 rings (SSSR count). The van der Waals surface area contributed by atoms with E-state index < -0.39 is 4.92 Å². The summed E-state index contributed by atoms with van der Waals surface area (Å²) in [5, 5.41) is 17.9. The lowest BCUT2D eigenvalue weighted by atomic mass is 10.3. The third-order valence-electron chi connectivity index (χ3n) is 4.11. The first kappa shape index (κ1) is 19.3. The first-order chi connectivity index (χ1) is 13.1. The smallest absolute Gasteiger partial charge is 0.329 e. The van der Waals surface area contributed by atoms with E-state index in [1.165, 1.54) is 6.20 Å². The summed E-state index contributed by atoms with van der Waals surface area (Å²) in [5.74, 6) is 0.479. The van der Waals surface area contributed by atoms with Gasteiger partial charge in [-0.3, -0.25) is 15.0 Å². The standard InChI is InChI=1S/C17H21ClN6O3/c18-13-2-4-14(5-3-13)21-17-20-12-15(24(25)26)16(22-17)19-6-1-7-23-8-10-27-11-9-23/h2-5,12H,1,6-11H2,(H2,19,20,21,22). The fraction of sp³-hybridized carbons (Fsp3) is 0.412. The van der Waals surface area contributed by atoms with Crippen LogP contribution in [-0.2, 0) is 4.74 Å². The van der Waals surface area contributed by atoms with Crippen LogP contribution in [0.2, 0.25) is 5.02 Å². The third kappa shape index (κ3) is 5.75. The maximum absolute atomic E-state index is 11.2. The molecule has 0 unspecified atom stereocenters. The molecular formula is C17H21ClN6O3. The molecule has 9 nitrogen and oxygen atoms in total. The molecule has 0 amide bonds. The average molecular weight is 393 g/mol. The quantitative estimate of drug-likeness (QED) is 0.401. The van der Waals surface area contributed by atoms with Crippen molar-refractivity contribution in [3.63, 3.8) is 0 Å². The number of ether oxygens (including phenoxy) is 1. The predicted molar refractivity (Wildman–Crippen MR) is 104 cm³/mol. The molecule has 0 bridgehead atoms. The zero-order chi connectivity index (χ0) is 19.1. The molecule has 2 N–H and O–H groups in total. The molecule has 1 aliphatic rings. The zero-order valence-electron chi connectivity index (χ0n) is 14.7. The van der Waals surface area contributed by atoms with Gasteiger partial charge in [-0.05, 0) is 37.2 Å². The van der Waals surface area contributed by atoms with E-state index in [4.69, 9.17) is 16.3 Å². The van der Waals surface area contributed by atoms with Crippen molar-refractivity contribution in [2.24, 2.45) is 0 Å². The topological polar surface area (TPSA) is 105 Å². The van der Waals surface area contributed by atoms with Crippen LogP contribution in [0.25, 0.3) is 0 Å². The molecule has 1 saturated heterocycles. The third-order valence-corrected chi connectivity index (χ3v) is 4.37. The maximum Gasteiger partial charge on any atom is 0.329 e. The minimum Gasteiger partial charge on any atom is -0.379 e. The van der Waals surface area contributed by atoms with E-state index in [1.807, 2.05) is 0 Å². The van der Waals surface area contributed by atoms with Crippen molar-refractivity contribution < 1.29 is 9.66 Å². The average Bonchev–Trinajstić information content (AvgIpc) is 2.68. The van der Waals surface area contributed by atoms with Crippen LogP contribution >= 0.6 is 11.6 Å². The molecule has 1 fully saturated rings. The van der Waals surface area contributed by atoms with Crippen LogP contribution in [0.4, 0.5) is 23.1 Å². The van der Waals surface area contributed by atoms with Gasteiger partial charge in [0.25, 0.3) is 0 Å². The fourth-order valence-electron chi connectivity index (χ4n) is 2.70. The number of nitrogens with zero attached hydrogens (tertiary/aromatic N) is 4. The first-order valence-corrected chi connectivity index (χ1v) is 9.07. The number of hydrogen-bond acceptors (Lipinski definition) is 8. The van der Waals surface area contributed by atoms with E-state index >= 15 is 0 Å². The minimum absolute atomic E-state index is 0.150. The van der Waals surface area contributed by atoms with Gasteiger partial charge in [0.05, 0.1) is 18.1 Å². The molecule has 0 atom stereocenters. The maximum atomic E-state index is 11.2. The van der Waals surface area contributed by atoms with Crippen LogP contribution in [-0.4, -0.2) is 59.2 Å². The van der Waals surface area contributed by atoms with Crippen LogP contribution in [0.1, 0.15) is 6.42 Å². The normalized spacial score (nSPS) is 14.7. The van der Waals surface area contributed by atoms with Gasteiger partial charge in [0.2, 0.25) is 11.8 Å². The molecule has 10 heteroatoms. The summed E-state index contributed by atoms with van der Waals surface area (Å²) >= 11 is 5.87. The number of halogens is 1. The van der Waals surface area contributed by atoms with Gasteiger partial charge in [-0.1, -0.05) is 11.6 Å². The predicted octanol–water partition coefficient (Wildman–Crippen LogP) is 2.92. The van der Waals surface area contributed by atoms with Crippen molar-refractivity contribution >= 4 is 34.7 Å². The zero-order valence-corrected chi connectivity index (χ0v) is 15.5. The molecular weight excluding hydrogens is 372 g/mol. The van der Waals surface area contributed by atoms with Crippen LogP contribution in [0.15, 0.2) is 30.5 Å². The number of aromatic nitrogens is 2. The summed E-state index contributed by atoms with van der Waals surface area (Å²) in [6, 6.07) is 7.03. The Labute approximate surface area is 161 Å². The minimum atomic E-state index is -0.490. The largest absolute Gasteiger partial charge is 0.379 e. The summed E-state index contributed by atoms with van der Waals surface area (Å²) in [6.45, 7) is 4.83. The number of nitrogens with one attached hydrogen (secondary N) is 2. The van der Waals surface area contributed by atoms with Crippen LogP contribution in [0.5, 0.6) is 0 Å².